The van der Waals surface area contributed by atoms with E-state index in [1.807, 2.05) is 36.4 Å². The second-order valence-corrected chi connectivity index (χ2v) is 4.45. The van der Waals surface area contributed by atoms with Crippen LogP contribution in [-0.4, -0.2) is 31.5 Å². The summed E-state index contributed by atoms with van der Waals surface area (Å²) in [5.74, 6) is 0.893. The van der Waals surface area contributed by atoms with Gasteiger partial charge in [0.05, 0.1) is 19.8 Å². The van der Waals surface area contributed by atoms with Crippen LogP contribution in [0.25, 0.3) is 0 Å². The number of ether oxygens (including phenoxy) is 2. The Labute approximate surface area is 119 Å². The van der Waals surface area contributed by atoms with Crippen LogP contribution in [0.2, 0.25) is 0 Å². The Morgan fingerprint density at radius 3 is 2.35 bits per heavy atom. The summed E-state index contributed by atoms with van der Waals surface area (Å²) in [6.45, 7) is 1.38. The summed E-state index contributed by atoms with van der Waals surface area (Å²) in [6.07, 6.45) is 0.856. The number of para-hydroxylation sites is 1. The number of aliphatic hydroxyl groups excluding tert-OH is 1. The summed E-state index contributed by atoms with van der Waals surface area (Å²) in [4.78, 5) is 0. The maximum Gasteiger partial charge on any atom is 0.122 e. The standard InChI is InChI=1S/C17H20O3/c18-10-11-19-12-13-20-17-9-5-4-8-16(17)14-15-6-2-1-3-7-15/h1-9,18H,10-14H2. The molecular weight excluding hydrogens is 252 g/mol. The van der Waals surface area contributed by atoms with E-state index in [4.69, 9.17) is 14.6 Å². The first-order valence-electron chi connectivity index (χ1n) is 6.83. The first-order chi connectivity index (χ1) is 9.90. The van der Waals surface area contributed by atoms with Crippen molar-refractivity contribution in [3.05, 3.63) is 65.7 Å². The molecule has 0 aromatic heterocycles. The van der Waals surface area contributed by atoms with Gasteiger partial charge in [0.25, 0.3) is 0 Å². The van der Waals surface area contributed by atoms with Crippen LogP contribution in [0.5, 0.6) is 5.75 Å². The Morgan fingerprint density at radius 2 is 1.55 bits per heavy atom. The molecule has 1 N–H and O–H groups in total. The molecule has 20 heavy (non-hydrogen) atoms. The van der Waals surface area contributed by atoms with E-state index in [2.05, 4.69) is 18.2 Å². The molecule has 2 aromatic rings. The third-order valence-electron chi connectivity index (χ3n) is 2.93. The van der Waals surface area contributed by atoms with Crippen molar-refractivity contribution in [2.24, 2.45) is 0 Å². The smallest absolute Gasteiger partial charge is 0.122 e. The van der Waals surface area contributed by atoms with E-state index in [0.717, 1.165) is 12.2 Å². The summed E-state index contributed by atoms with van der Waals surface area (Å²) in [5, 5.41) is 8.63. The lowest BCUT2D eigenvalue weighted by Gasteiger charge is -2.11. The molecule has 0 radical (unpaired) electrons. The van der Waals surface area contributed by atoms with Crippen molar-refractivity contribution in [3.8, 4) is 5.75 Å². The minimum atomic E-state index is 0.0462. The first-order valence-corrected chi connectivity index (χ1v) is 6.83. The average Bonchev–Trinajstić information content (AvgIpc) is 2.50. The van der Waals surface area contributed by atoms with Crippen LogP contribution in [0.3, 0.4) is 0 Å². The van der Waals surface area contributed by atoms with Gasteiger partial charge in [0.15, 0.2) is 0 Å². The molecule has 0 aliphatic rings. The van der Waals surface area contributed by atoms with Gasteiger partial charge in [-0.15, -0.1) is 0 Å². The van der Waals surface area contributed by atoms with Gasteiger partial charge in [-0.1, -0.05) is 48.5 Å². The lowest BCUT2D eigenvalue weighted by Crippen LogP contribution is -2.10. The number of hydrogen-bond donors (Lipinski definition) is 1. The molecule has 0 saturated carbocycles. The Morgan fingerprint density at radius 1 is 0.800 bits per heavy atom. The lowest BCUT2D eigenvalue weighted by atomic mass is 10.0. The Kier molecular flexibility index (Phi) is 6.08. The Balaban J connectivity index is 1.92. The molecular formula is C17H20O3. The van der Waals surface area contributed by atoms with Gasteiger partial charge in [-0.05, 0) is 17.2 Å². The van der Waals surface area contributed by atoms with Crippen molar-refractivity contribution in [2.45, 2.75) is 6.42 Å². The molecule has 106 valence electrons. The third-order valence-corrected chi connectivity index (χ3v) is 2.93. The zero-order valence-electron chi connectivity index (χ0n) is 11.5. The molecule has 0 saturated heterocycles. The van der Waals surface area contributed by atoms with Crippen LogP contribution < -0.4 is 4.74 Å². The molecule has 0 aliphatic heterocycles. The van der Waals surface area contributed by atoms with Gasteiger partial charge < -0.3 is 14.6 Å². The van der Waals surface area contributed by atoms with E-state index in [9.17, 15) is 0 Å². The zero-order valence-corrected chi connectivity index (χ0v) is 11.5. The molecule has 3 heteroatoms. The van der Waals surface area contributed by atoms with Crippen molar-refractivity contribution in [3.63, 3.8) is 0 Å². The topological polar surface area (TPSA) is 38.7 Å². The maximum absolute atomic E-state index is 8.63. The van der Waals surface area contributed by atoms with Crippen molar-refractivity contribution in [1.82, 2.24) is 0 Å². The highest BCUT2D eigenvalue weighted by atomic mass is 16.5. The SMILES string of the molecule is OCCOCCOc1ccccc1Cc1ccccc1. The predicted molar refractivity (Wildman–Crippen MR) is 79.1 cm³/mol. The van der Waals surface area contributed by atoms with E-state index in [0.29, 0.717) is 19.8 Å². The fraction of sp³-hybridized carbons (Fsp3) is 0.294. The Bertz CT molecular complexity index is 497. The third kappa shape index (κ3) is 4.68. The van der Waals surface area contributed by atoms with Crippen LogP contribution >= 0.6 is 0 Å². The van der Waals surface area contributed by atoms with E-state index in [1.54, 1.807) is 0 Å². The highest BCUT2D eigenvalue weighted by Gasteiger charge is 2.04. The summed E-state index contributed by atoms with van der Waals surface area (Å²) in [7, 11) is 0. The minimum Gasteiger partial charge on any atom is -0.491 e. The fourth-order valence-electron chi connectivity index (χ4n) is 1.98. The monoisotopic (exact) mass is 272 g/mol. The highest BCUT2D eigenvalue weighted by molar-refractivity contribution is 5.37. The van der Waals surface area contributed by atoms with Crippen LogP contribution in [0.15, 0.2) is 54.6 Å². The van der Waals surface area contributed by atoms with Crippen molar-refractivity contribution in [2.75, 3.05) is 26.4 Å². The lowest BCUT2D eigenvalue weighted by molar-refractivity contribution is 0.0703. The van der Waals surface area contributed by atoms with Gasteiger partial charge in [-0.2, -0.15) is 0 Å². The molecule has 2 rings (SSSR count). The van der Waals surface area contributed by atoms with Gasteiger partial charge in [-0.25, -0.2) is 0 Å². The zero-order chi connectivity index (χ0) is 14.0. The molecule has 2 aromatic carbocycles. The second-order valence-electron chi connectivity index (χ2n) is 4.45. The molecule has 0 aliphatic carbocycles. The number of hydrogen-bond acceptors (Lipinski definition) is 3. The van der Waals surface area contributed by atoms with E-state index in [-0.39, 0.29) is 6.61 Å². The number of rotatable bonds is 8. The maximum atomic E-state index is 8.63. The highest BCUT2D eigenvalue weighted by Crippen LogP contribution is 2.21. The largest absolute Gasteiger partial charge is 0.491 e. The first kappa shape index (κ1) is 14.6. The van der Waals surface area contributed by atoms with Crippen LogP contribution in [0, 0.1) is 0 Å². The molecule has 0 unspecified atom stereocenters. The van der Waals surface area contributed by atoms with Crippen molar-refractivity contribution in [1.29, 1.82) is 0 Å². The van der Waals surface area contributed by atoms with E-state index < -0.39 is 0 Å². The fourth-order valence-corrected chi connectivity index (χ4v) is 1.98. The summed E-state index contributed by atoms with van der Waals surface area (Å²) >= 11 is 0. The molecule has 3 nitrogen and oxygen atoms in total. The molecule has 0 amide bonds. The summed E-state index contributed by atoms with van der Waals surface area (Å²) < 4.78 is 10.9. The predicted octanol–water partition coefficient (Wildman–Crippen LogP) is 2.67. The average molecular weight is 272 g/mol. The van der Waals surface area contributed by atoms with Crippen LogP contribution in [0.1, 0.15) is 11.1 Å². The second kappa shape index (κ2) is 8.35. The van der Waals surface area contributed by atoms with Crippen molar-refractivity contribution >= 4 is 0 Å². The van der Waals surface area contributed by atoms with Gasteiger partial charge in [-0.3, -0.25) is 0 Å². The molecule has 0 bridgehead atoms. The molecule has 0 atom stereocenters. The van der Waals surface area contributed by atoms with Crippen molar-refractivity contribution < 1.29 is 14.6 Å². The molecule has 0 spiro atoms. The molecule has 0 heterocycles. The quantitative estimate of drug-likeness (QED) is 0.751. The summed E-state index contributed by atoms with van der Waals surface area (Å²) in [5.41, 5.74) is 2.43. The van der Waals surface area contributed by atoms with E-state index in [1.165, 1.54) is 11.1 Å². The number of aliphatic hydroxyl groups is 1. The van der Waals surface area contributed by atoms with Gasteiger partial charge in [0.1, 0.15) is 12.4 Å². The summed E-state index contributed by atoms with van der Waals surface area (Å²) in [6, 6.07) is 18.4. The van der Waals surface area contributed by atoms with E-state index >= 15 is 0 Å². The van der Waals surface area contributed by atoms with Gasteiger partial charge in [0.2, 0.25) is 0 Å². The Hall–Kier alpha value is -1.84. The van der Waals surface area contributed by atoms with Crippen LogP contribution in [0.4, 0.5) is 0 Å². The normalized spacial score (nSPS) is 10.4. The molecule has 0 fully saturated rings. The van der Waals surface area contributed by atoms with Gasteiger partial charge >= 0.3 is 0 Å². The number of benzene rings is 2. The minimum absolute atomic E-state index is 0.0462. The van der Waals surface area contributed by atoms with Gasteiger partial charge in [0, 0.05) is 6.42 Å². The van der Waals surface area contributed by atoms with Crippen LogP contribution in [-0.2, 0) is 11.2 Å².